The average Bonchev–Trinajstić information content (AvgIpc) is 3.97. The predicted octanol–water partition coefficient (Wildman–Crippen LogP) is 14.4. The van der Waals surface area contributed by atoms with Gasteiger partial charge >= 0.3 is 0 Å². The van der Waals surface area contributed by atoms with Crippen molar-refractivity contribution in [3.63, 3.8) is 0 Å². The quantitative estimate of drug-likeness (QED) is 0.161. The van der Waals surface area contributed by atoms with Crippen molar-refractivity contribution in [3.8, 4) is 67.8 Å². The van der Waals surface area contributed by atoms with Crippen molar-refractivity contribution in [3.05, 3.63) is 224 Å². The van der Waals surface area contributed by atoms with Gasteiger partial charge in [0.15, 0.2) is 11.6 Å². The highest BCUT2D eigenvalue weighted by Crippen LogP contribution is 2.44. The molecule has 5 nitrogen and oxygen atoms in total. The molecule has 12 rings (SSSR count). The second-order valence-electron chi connectivity index (χ2n) is 14.6. The van der Waals surface area contributed by atoms with Crippen LogP contribution < -0.4 is 0 Å². The molecule has 5 heteroatoms. The molecule has 0 aliphatic heterocycles. The van der Waals surface area contributed by atoms with Crippen molar-refractivity contribution in [2.45, 2.75) is 0 Å². The van der Waals surface area contributed by atoms with Crippen LogP contribution in [0.3, 0.4) is 0 Å². The molecule has 12 aromatic rings. The average molecular weight is 805 g/mol. The molecule has 0 radical (unpaired) electrons. The monoisotopic (exact) mass is 804 g/mol. The molecule has 0 atom stereocenters. The van der Waals surface area contributed by atoms with Crippen molar-refractivity contribution in [1.82, 2.24) is 24.1 Å². The molecule has 0 unspecified atom stereocenters. The standard InChI is InChI=1S/C57H37N5/c1-5-17-38(18-6-1)40-29-31-43(32-30-40)56-58-55(42-23-11-4-12-24-42)59-57(60-56)62-51-28-16-14-26-47(51)49-36-35-48-46-25-13-15-27-50(46)61(53(48)54(49)62)52-37-44(39-19-7-2-8-20-39)33-34-45(52)41-21-9-3-10-22-41/h1-37H/i2D,3D,7D,8D,9D,10D,19D,20D,21D,22D,33D,34D,37D. The van der Waals surface area contributed by atoms with Gasteiger partial charge in [-0.15, -0.1) is 0 Å². The van der Waals surface area contributed by atoms with Gasteiger partial charge in [-0.3, -0.25) is 4.57 Å². The molecular weight excluding hydrogens is 755 g/mol. The minimum absolute atomic E-state index is 0.209. The summed E-state index contributed by atoms with van der Waals surface area (Å²) in [7, 11) is 0. The van der Waals surface area contributed by atoms with Gasteiger partial charge in [0.05, 0.1) is 45.6 Å². The third-order valence-corrected chi connectivity index (χ3v) is 11.1. The van der Waals surface area contributed by atoms with Crippen LogP contribution >= 0.6 is 0 Å². The highest BCUT2D eigenvalue weighted by Gasteiger charge is 2.25. The number of benzene rings is 9. The molecule has 62 heavy (non-hydrogen) atoms. The largest absolute Gasteiger partial charge is 0.307 e. The number of nitrogens with zero attached hydrogens (tertiary/aromatic N) is 5. The van der Waals surface area contributed by atoms with E-state index in [2.05, 4.69) is 0 Å². The minimum atomic E-state index is -0.757. The second-order valence-corrected chi connectivity index (χ2v) is 14.6. The van der Waals surface area contributed by atoms with Crippen LogP contribution in [0.2, 0.25) is 0 Å². The first-order valence-corrected chi connectivity index (χ1v) is 19.9. The van der Waals surface area contributed by atoms with E-state index in [1.165, 1.54) is 0 Å². The Morgan fingerprint density at radius 2 is 0.823 bits per heavy atom. The van der Waals surface area contributed by atoms with Crippen molar-refractivity contribution < 1.29 is 17.8 Å². The van der Waals surface area contributed by atoms with Crippen LogP contribution in [0.25, 0.3) is 111 Å². The third-order valence-electron chi connectivity index (χ3n) is 11.1. The number of hydrogen-bond donors (Lipinski definition) is 0. The van der Waals surface area contributed by atoms with Crippen molar-refractivity contribution >= 4 is 43.6 Å². The summed E-state index contributed by atoms with van der Waals surface area (Å²) in [6.45, 7) is 0. The Morgan fingerprint density at radius 3 is 1.45 bits per heavy atom. The Labute approximate surface area is 376 Å². The summed E-state index contributed by atoms with van der Waals surface area (Å²) in [5, 5.41) is 2.74. The van der Waals surface area contributed by atoms with E-state index in [4.69, 9.17) is 25.9 Å². The zero-order valence-corrected chi connectivity index (χ0v) is 32.6. The van der Waals surface area contributed by atoms with Crippen molar-refractivity contribution in [1.29, 1.82) is 0 Å². The Morgan fingerprint density at radius 1 is 0.339 bits per heavy atom. The van der Waals surface area contributed by atoms with E-state index < -0.39 is 95.2 Å². The molecule has 0 aliphatic rings. The van der Waals surface area contributed by atoms with Gasteiger partial charge in [0, 0.05) is 38.2 Å². The molecule has 0 saturated carbocycles. The van der Waals surface area contributed by atoms with Crippen LogP contribution in [-0.4, -0.2) is 24.1 Å². The number of rotatable bonds is 7. The van der Waals surface area contributed by atoms with Crippen LogP contribution in [0.15, 0.2) is 224 Å². The molecule has 0 spiro atoms. The lowest BCUT2D eigenvalue weighted by atomic mass is 9.98. The minimum Gasteiger partial charge on any atom is -0.307 e. The molecule has 0 bridgehead atoms. The van der Waals surface area contributed by atoms with Gasteiger partial charge in [0.2, 0.25) is 5.95 Å². The highest BCUT2D eigenvalue weighted by atomic mass is 15.2. The Hall–Kier alpha value is -8.41. The molecule has 0 saturated heterocycles. The summed E-state index contributed by atoms with van der Waals surface area (Å²) in [6.07, 6.45) is 0. The van der Waals surface area contributed by atoms with Crippen LogP contribution in [0.1, 0.15) is 17.8 Å². The van der Waals surface area contributed by atoms with Gasteiger partial charge in [0.1, 0.15) is 0 Å². The smallest absolute Gasteiger partial charge is 0.238 e. The molecule has 0 amide bonds. The fourth-order valence-electron chi connectivity index (χ4n) is 8.31. The maximum atomic E-state index is 10.3. The van der Waals surface area contributed by atoms with Gasteiger partial charge < -0.3 is 4.57 Å². The van der Waals surface area contributed by atoms with Crippen LogP contribution in [0.5, 0.6) is 0 Å². The van der Waals surface area contributed by atoms with Gasteiger partial charge in [-0.25, -0.2) is 4.98 Å². The van der Waals surface area contributed by atoms with Gasteiger partial charge in [-0.05, 0) is 46.0 Å². The lowest BCUT2D eigenvalue weighted by Gasteiger charge is -2.17. The fourth-order valence-corrected chi connectivity index (χ4v) is 8.31. The Balaban J connectivity index is 1.27. The van der Waals surface area contributed by atoms with Crippen LogP contribution in [0, 0.1) is 0 Å². The van der Waals surface area contributed by atoms with Crippen molar-refractivity contribution in [2.75, 3.05) is 0 Å². The molecule has 3 aromatic heterocycles. The summed E-state index contributed by atoms with van der Waals surface area (Å²) < 4.78 is 122. The predicted molar refractivity (Wildman–Crippen MR) is 256 cm³/mol. The van der Waals surface area contributed by atoms with Gasteiger partial charge in [0.25, 0.3) is 0 Å². The SMILES string of the molecule is [2H]c1c([2H])c([2H])c(-c2c([2H])c([2H])c(-c3c([2H])c([2H])c([2H])c([2H])c3[2H])c(-n3c4ccccc4c4ccc5c6ccccc6n(-c6nc(-c7ccccc7)nc(-c7ccc(-c8ccccc8)cc7)n6)c5c43)c2[2H])c([2H])c1[2H]. The van der Waals surface area contributed by atoms with E-state index in [0.717, 1.165) is 16.5 Å². The first kappa shape index (κ1) is 24.6. The van der Waals surface area contributed by atoms with E-state index >= 15 is 0 Å². The fraction of sp³-hybridized carbons (Fsp3) is 0. The summed E-state index contributed by atoms with van der Waals surface area (Å²) >= 11 is 0. The number of fused-ring (bicyclic) bond motifs is 7. The molecule has 3 heterocycles. The summed E-state index contributed by atoms with van der Waals surface area (Å²) in [5.41, 5.74) is 3.35. The summed E-state index contributed by atoms with van der Waals surface area (Å²) in [5.74, 6) is 0.939. The zero-order valence-electron chi connectivity index (χ0n) is 45.6. The first-order chi connectivity index (χ1) is 36.2. The zero-order chi connectivity index (χ0) is 52.3. The summed E-state index contributed by atoms with van der Waals surface area (Å²) in [4.78, 5) is 15.5. The molecule has 290 valence electrons. The lowest BCUT2D eigenvalue weighted by Crippen LogP contribution is -2.07. The normalized spacial score (nSPS) is 14.5. The highest BCUT2D eigenvalue weighted by molar-refractivity contribution is 6.24. The second kappa shape index (κ2) is 14.7. The van der Waals surface area contributed by atoms with E-state index in [9.17, 15) is 6.85 Å². The van der Waals surface area contributed by atoms with E-state index in [1.807, 2.05) is 138 Å². The maximum absolute atomic E-state index is 10.3. The van der Waals surface area contributed by atoms with Gasteiger partial charge in [-0.2, -0.15) is 9.97 Å². The van der Waals surface area contributed by atoms with Crippen LogP contribution in [0.4, 0.5) is 0 Å². The lowest BCUT2D eigenvalue weighted by molar-refractivity contribution is 0.953. The van der Waals surface area contributed by atoms with E-state index in [-0.39, 0.29) is 17.2 Å². The molecule has 9 aromatic carbocycles. The van der Waals surface area contributed by atoms with E-state index in [0.29, 0.717) is 61.0 Å². The number of para-hydroxylation sites is 2. The molecule has 0 fully saturated rings. The number of aromatic nitrogens is 5. The number of hydrogen-bond acceptors (Lipinski definition) is 3. The first-order valence-electron chi connectivity index (χ1n) is 26.4. The van der Waals surface area contributed by atoms with Crippen LogP contribution in [-0.2, 0) is 0 Å². The molecular formula is C57H37N5. The topological polar surface area (TPSA) is 48.5 Å². The van der Waals surface area contributed by atoms with Gasteiger partial charge in [-0.1, -0.05) is 206 Å². The van der Waals surface area contributed by atoms with E-state index in [1.54, 1.807) is 16.7 Å². The summed E-state index contributed by atoms with van der Waals surface area (Å²) in [6, 6.07) is 37.0. The Bertz CT molecular complexity index is 4330. The third kappa shape index (κ3) is 5.90. The maximum Gasteiger partial charge on any atom is 0.238 e. The Kier molecular flexibility index (Phi) is 5.84. The molecule has 0 N–H and O–H groups in total. The van der Waals surface area contributed by atoms with Crippen molar-refractivity contribution in [2.24, 2.45) is 0 Å². The molecule has 0 aliphatic carbocycles.